The Morgan fingerprint density at radius 3 is 2.29 bits per heavy atom. The number of pyridine rings is 2. The number of rotatable bonds is 3. The number of aromatic carboxylic acids is 1. The second kappa shape index (κ2) is 5.42. The number of nitrogens with one attached hydrogen (secondary N) is 1. The fourth-order valence-electron chi connectivity index (χ4n) is 3.16. The molecule has 0 unspecified atom stereocenters. The highest BCUT2D eigenvalue weighted by atomic mass is 16.4. The number of H-pyrrole nitrogens is 1. The van der Waals surface area contributed by atoms with E-state index in [4.69, 9.17) is 0 Å². The highest BCUT2D eigenvalue weighted by Gasteiger charge is 2.39. The molecular weight excluding hydrogens is 304 g/mol. The minimum absolute atomic E-state index is 0.0388. The molecule has 0 bridgehead atoms. The lowest BCUT2D eigenvalue weighted by Gasteiger charge is -2.32. The zero-order chi connectivity index (χ0) is 16.6. The first-order valence-electron chi connectivity index (χ1n) is 7.53. The van der Waals surface area contributed by atoms with Crippen LogP contribution in [0.4, 0.5) is 0 Å². The van der Waals surface area contributed by atoms with E-state index in [0.717, 1.165) is 17.1 Å². The molecule has 1 aliphatic carbocycles. The molecule has 0 spiro atoms. The fourth-order valence-corrected chi connectivity index (χ4v) is 3.16. The summed E-state index contributed by atoms with van der Waals surface area (Å²) in [5.41, 5.74) is 2.58. The molecule has 3 aromatic heterocycles. The average molecular weight is 318 g/mol. The van der Waals surface area contributed by atoms with Crippen LogP contribution >= 0.6 is 0 Å². The lowest BCUT2D eigenvalue weighted by atomic mass is 9.72. The molecular formula is C18H14N4O2. The number of hydrogen-bond donors (Lipinski definition) is 2. The van der Waals surface area contributed by atoms with E-state index in [-0.39, 0.29) is 5.69 Å². The van der Waals surface area contributed by atoms with Crippen LogP contribution < -0.4 is 0 Å². The lowest BCUT2D eigenvalue weighted by molar-refractivity contribution is 0.0690. The number of carboxylic acid groups (broad SMARTS) is 1. The summed E-state index contributed by atoms with van der Waals surface area (Å²) in [5, 5.41) is 16.1. The molecule has 24 heavy (non-hydrogen) atoms. The SMILES string of the molecule is O=C(O)c1n[nH]c2c1C=CC(c1ccccn1)(c1ccccn1)C2. The van der Waals surface area contributed by atoms with Gasteiger partial charge in [0.1, 0.15) is 0 Å². The Morgan fingerprint density at radius 1 is 1.08 bits per heavy atom. The molecule has 0 atom stereocenters. The third-order valence-corrected chi connectivity index (χ3v) is 4.32. The van der Waals surface area contributed by atoms with Crippen molar-refractivity contribution in [2.24, 2.45) is 0 Å². The second-order valence-corrected chi connectivity index (χ2v) is 5.68. The van der Waals surface area contributed by atoms with Crippen LogP contribution in [0.2, 0.25) is 0 Å². The molecule has 0 radical (unpaired) electrons. The Kier molecular flexibility index (Phi) is 3.23. The first-order chi connectivity index (χ1) is 11.7. The third-order valence-electron chi connectivity index (χ3n) is 4.32. The van der Waals surface area contributed by atoms with Crippen molar-refractivity contribution >= 4 is 12.0 Å². The summed E-state index contributed by atoms with van der Waals surface area (Å²) in [5.74, 6) is -1.04. The number of hydrogen-bond acceptors (Lipinski definition) is 4. The first kappa shape index (κ1) is 14.3. The number of fused-ring (bicyclic) bond motifs is 1. The van der Waals surface area contributed by atoms with Crippen LogP contribution in [0.3, 0.4) is 0 Å². The van der Waals surface area contributed by atoms with Crippen LogP contribution in [-0.2, 0) is 11.8 Å². The Bertz CT molecular complexity index is 877. The van der Waals surface area contributed by atoms with Crippen LogP contribution in [0.1, 0.15) is 33.1 Å². The van der Waals surface area contributed by atoms with Crippen LogP contribution in [0.15, 0.2) is 54.9 Å². The Morgan fingerprint density at radius 2 is 1.75 bits per heavy atom. The van der Waals surface area contributed by atoms with E-state index in [1.807, 2.05) is 42.5 Å². The smallest absolute Gasteiger partial charge is 0.357 e. The van der Waals surface area contributed by atoms with E-state index < -0.39 is 11.4 Å². The van der Waals surface area contributed by atoms with Crippen LogP contribution in [-0.4, -0.2) is 31.2 Å². The summed E-state index contributed by atoms with van der Waals surface area (Å²) >= 11 is 0. The second-order valence-electron chi connectivity index (χ2n) is 5.68. The van der Waals surface area contributed by atoms with Gasteiger partial charge in [-0.3, -0.25) is 15.1 Å². The van der Waals surface area contributed by atoms with E-state index in [2.05, 4.69) is 20.2 Å². The summed E-state index contributed by atoms with van der Waals surface area (Å²) in [7, 11) is 0. The highest BCUT2D eigenvalue weighted by Crippen LogP contribution is 2.39. The Hall–Kier alpha value is -3.28. The topological polar surface area (TPSA) is 91.8 Å². The standard InChI is InChI=1S/C18H14N4O2/c23-17(24)16-12-7-8-18(11-13(12)21-22-16,14-5-1-3-9-19-14)15-6-2-4-10-20-15/h1-10H,11H2,(H,21,22)(H,23,24). The molecule has 6 nitrogen and oxygen atoms in total. The van der Waals surface area contributed by atoms with Crippen LogP contribution in [0, 0.1) is 0 Å². The maximum Gasteiger partial charge on any atom is 0.357 e. The highest BCUT2D eigenvalue weighted by molar-refractivity contribution is 5.91. The molecule has 0 saturated carbocycles. The number of aromatic amines is 1. The van der Waals surface area contributed by atoms with E-state index in [9.17, 15) is 9.90 Å². The summed E-state index contributed by atoms with van der Waals surface area (Å²) in [6, 6.07) is 11.5. The summed E-state index contributed by atoms with van der Waals surface area (Å²) < 4.78 is 0. The minimum Gasteiger partial charge on any atom is -0.476 e. The molecule has 4 rings (SSSR count). The molecule has 0 fully saturated rings. The monoisotopic (exact) mass is 318 g/mol. The van der Waals surface area contributed by atoms with Crippen LogP contribution in [0.5, 0.6) is 0 Å². The summed E-state index contributed by atoms with van der Waals surface area (Å²) in [4.78, 5) is 20.3. The summed E-state index contributed by atoms with van der Waals surface area (Å²) in [6.07, 6.45) is 7.79. The zero-order valence-electron chi connectivity index (χ0n) is 12.7. The van der Waals surface area contributed by atoms with E-state index in [0.29, 0.717) is 12.0 Å². The quantitative estimate of drug-likeness (QED) is 0.774. The van der Waals surface area contributed by atoms with Crippen molar-refractivity contribution in [2.75, 3.05) is 0 Å². The van der Waals surface area contributed by atoms with Crippen molar-refractivity contribution in [3.8, 4) is 0 Å². The van der Waals surface area contributed by atoms with Gasteiger partial charge in [0.2, 0.25) is 0 Å². The average Bonchev–Trinajstić information content (AvgIpc) is 3.06. The number of carboxylic acids is 1. The van der Waals surface area contributed by atoms with Gasteiger partial charge < -0.3 is 5.11 Å². The predicted molar refractivity (Wildman–Crippen MR) is 87.5 cm³/mol. The van der Waals surface area contributed by atoms with Crippen molar-refractivity contribution < 1.29 is 9.90 Å². The zero-order valence-corrected chi connectivity index (χ0v) is 12.7. The maximum atomic E-state index is 11.3. The molecule has 0 aromatic carbocycles. The van der Waals surface area contributed by atoms with Gasteiger partial charge in [0.25, 0.3) is 0 Å². The molecule has 0 amide bonds. The lowest BCUT2D eigenvalue weighted by Crippen LogP contribution is -2.32. The van der Waals surface area contributed by atoms with Gasteiger partial charge in [0.05, 0.1) is 16.8 Å². The molecule has 0 saturated heterocycles. The molecule has 118 valence electrons. The van der Waals surface area contributed by atoms with Gasteiger partial charge in [-0.2, -0.15) is 5.10 Å². The first-order valence-corrected chi connectivity index (χ1v) is 7.53. The predicted octanol–water partition coefficient (Wildman–Crippen LogP) is 2.45. The van der Waals surface area contributed by atoms with E-state index in [1.165, 1.54) is 0 Å². The Labute approximate surface area is 137 Å². The Balaban J connectivity index is 1.90. The van der Waals surface area contributed by atoms with Gasteiger partial charge >= 0.3 is 5.97 Å². The van der Waals surface area contributed by atoms with Crippen molar-refractivity contribution in [3.63, 3.8) is 0 Å². The largest absolute Gasteiger partial charge is 0.476 e. The molecule has 3 heterocycles. The van der Waals surface area contributed by atoms with Gasteiger partial charge in [-0.05, 0) is 24.3 Å². The molecule has 1 aliphatic rings. The van der Waals surface area contributed by atoms with Gasteiger partial charge in [-0.25, -0.2) is 4.79 Å². The number of carbonyl (C=O) groups is 1. The van der Waals surface area contributed by atoms with Crippen molar-refractivity contribution in [2.45, 2.75) is 11.8 Å². The van der Waals surface area contributed by atoms with Crippen molar-refractivity contribution in [3.05, 3.63) is 83.2 Å². The fraction of sp³-hybridized carbons (Fsp3) is 0.111. The van der Waals surface area contributed by atoms with Crippen LogP contribution in [0.25, 0.3) is 6.08 Å². The summed E-state index contributed by atoms with van der Waals surface area (Å²) in [6.45, 7) is 0. The number of aromatic nitrogens is 4. The number of nitrogens with zero attached hydrogens (tertiary/aromatic N) is 3. The molecule has 2 N–H and O–H groups in total. The van der Waals surface area contributed by atoms with Crippen molar-refractivity contribution in [1.82, 2.24) is 20.2 Å². The molecule has 0 aliphatic heterocycles. The maximum absolute atomic E-state index is 11.3. The molecule has 6 heteroatoms. The van der Waals surface area contributed by atoms with Gasteiger partial charge in [-0.15, -0.1) is 0 Å². The third kappa shape index (κ3) is 2.11. The van der Waals surface area contributed by atoms with Crippen molar-refractivity contribution in [1.29, 1.82) is 0 Å². The van der Waals surface area contributed by atoms with E-state index >= 15 is 0 Å². The van der Waals surface area contributed by atoms with Gasteiger partial charge in [-0.1, -0.05) is 24.3 Å². The van der Waals surface area contributed by atoms with E-state index in [1.54, 1.807) is 18.5 Å². The minimum atomic E-state index is -1.04. The normalized spacial score (nSPS) is 15.0. The number of allylic oxidation sites excluding steroid dienone is 1. The van der Waals surface area contributed by atoms with Gasteiger partial charge in [0.15, 0.2) is 5.69 Å². The van der Waals surface area contributed by atoms with Gasteiger partial charge in [0, 0.05) is 30.1 Å². The molecule has 3 aromatic rings.